The number of esters is 2. The maximum atomic E-state index is 12.0. The quantitative estimate of drug-likeness (QED) is 0.340. The lowest BCUT2D eigenvalue weighted by molar-refractivity contribution is -0.153. The van der Waals surface area contributed by atoms with Crippen molar-refractivity contribution in [2.45, 2.75) is 26.2 Å². The highest BCUT2D eigenvalue weighted by Gasteiger charge is 2.32. The Kier molecular flexibility index (Phi) is 5.34. The minimum atomic E-state index is -4.79. The second-order valence-corrected chi connectivity index (χ2v) is 3.39. The minimum Gasteiger partial charge on any atom is -0.387 e. The number of ether oxygens (including phenoxy) is 1. The molecule has 0 fully saturated rings. The van der Waals surface area contributed by atoms with Crippen molar-refractivity contribution in [2.24, 2.45) is 0 Å². The molecule has 19 heavy (non-hydrogen) atoms. The molecule has 0 aromatic heterocycles. The molecular weight excluding hydrogens is 282 g/mol. The van der Waals surface area contributed by atoms with Crippen molar-refractivity contribution < 1.29 is 40.7 Å². The first-order valence-corrected chi connectivity index (χ1v) is 4.61. The predicted octanol–water partition coefficient (Wildman–Crippen LogP) is 3.07. The van der Waals surface area contributed by atoms with Crippen LogP contribution < -0.4 is 0 Å². The third-order valence-corrected chi connectivity index (χ3v) is 1.76. The normalized spacial score (nSPS) is 14.3. The zero-order valence-electron chi connectivity index (χ0n) is 9.65. The second-order valence-electron chi connectivity index (χ2n) is 3.39. The molecule has 0 spiro atoms. The molecule has 0 saturated carbocycles. The van der Waals surface area contributed by atoms with Crippen molar-refractivity contribution in [1.82, 2.24) is 0 Å². The Morgan fingerprint density at radius 3 is 1.26 bits per heavy atom. The highest BCUT2D eigenvalue weighted by atomic mass is 19.4. The number of alkyl halides is 6. The highest BCUT2D eigenvalue weighted by molar-refractivity contribution is 5.97. The fraction of sp³-hybridized carbons (Fsp3) is 0.400. The zero-order chi connectivity index (χ0) is 15.4. The Morgan fingerprint density at radius 2 is 1.05 bits per heavy atom. The van der Waals surface area contributed by atoms with Crippen LogP contribution in [-0.2, 0) is 14.3 Å². The number of carbonyl (C=O) groups excluding carboxylic acids is 2. The summed E-state index contributed by atoms with van der Waals surface area (Å²) in [6.07, 6.45) is -9.65. The van der Waals surface area contributed by atoms with Gasteiger partial charge in [0.25, 0.3) is 0 Å². The minimum absolute atomic E-state index is 0.0331. The van der Waals surface area contributed by atoms with Crippen LogP contribution in [0.2, 0.25) is 0 Å². The Hall–Kier alpha value is -1.80. The molecule has 0 amide bonds. The van der Waals surface area contributed by atoms with Gasteiger partial charge in [0.1, 0.15) is 0 Å². The Morgan fingerprint density at radius 1 is 0.789 bits per heavy atom. The first-order chi connectivity index (χ1) is 8.34. The molecule has 0 heterocycles. The summed E-state index contributed by atoms with van der Waals surface area (Å²) < 4.78 is 75.7. The largest absolute Gasteiger partial charge is 0.412 e. The molecule has 0 aliphatic rings. The summed E-state index contributed by atoms with van der Waals surface area (Å²) in [6.45, 7) is 1.09. The molecular formula is C10H8F6O3. The fourth-order valence-corrected chi connectivity index (χ4v) is 0.675. The molecule has 9 heteroatoms. The van der Waals surface area contributed by atoms with Gasteiger partial charge in [-0.05, 0) is 13.8 Å². The number of rotatable bonds is 2. The molecule has 0 radical (unpaired) electrons. The Labute approximate surface area is 103 Å². The van der Waals surface area contributed by atoms with Crippen LogP contribution in [0.25, 0.3) is 0 Å². The highest BCUT2D eigenvalue weighted by Crippen LogP contribution is 2.25. The van der Waals surface area contributed by atoms with Crippen molar-refractivity contribution in [3.8, 4) is 0 Å². The Bertz CT molecular complexity index is 388. The molecule has 0 aromatic carbocycles. The molecule has 0 saturated heterocycles. The van der Waals surface area contributed by atoms with Crippen molar-refractivity contribution in [1.29, 1.82) is 0 Å². The standard InChI is InChI=1S/C10H8F6O3/c1-5(9(11,12)13)3-7(17)19-8(18)4-6(2)10(14,15)16/h3-4H,1-2H3/b5-3+,6-4+. The molecule has 0 aromatic rings. The zero-order valence-corrected chi connectivity index (χ0v) is 9.65. The van der Waals surface area contributed by atoms with Crippen LogP contribution in [0.1, 0.15) is 13.8 Å². The topological polar surface area (TPSA) is 43.4 Å². The summed E-state index contributed by atoms with van der Waals surface area (Å²) in [6, 6.07) is 0. The number of hydrogen-bond donors (Lipinski definition) is 0. The number of carbonyl (C=O) groups is 2. The van der Waals surface area contributed by atoms with Crippen LogP contribution in [0.15, 0.2) is 23.3 Å². The lowest BCUT2D eigenvalue weighted by Gasteiger charge is -2.06. The molecule has 0 aliphatic heterocycles. The lowest BCUT2D eigenvalue weighted by atomic mass is 10.2. The SMILES string of the molecule is C/C(=C\C(=O)OC(=O)/C=C(\C)C(F)(F)F)C(F)(F)F. The molecule has 0 N–H and O–H groups in total. The molecule has 0 bridgehead atoms. The van der Waals surface area contributed by atoms with Gasteiger partial charge in [0, 0.05) is 23.3 Å². The van der Waals surface area contributed by atoms with E-state index in [0.29, 0.717) is 13.8 Å². The van der Waals surface area contributed by atoms with Crippen molar-refractivity contribution in [3.05, 3.63) is 23.3 Å². The summed E-state index contributed by atoms with van der Waals surface area (Å²) in [5.41, 5.74) is -2.69. The summed E-state index contributed by atoms with van der Waals surface area (Å²) >= 11 is 0. The monoisotopic (exact) mass is 290 g/mol. The van der Waals surface area contributed by atoms with Gasteiger partial charge in [0.15, 0.2) is 0 Å². The molecule has 0 unspecified atom stereocenters. The van der Waals surface area contributed by atoms with Gasteiger partial charge in [-0.15, -0.1) is 0 Å². The summed E-state index contributed by atoms with van der Waals surface area (Å²) in [5.74, 6) is -3.41. The number of allylic oxidation sites excluding steroid dienone is 2. The van der Waals surface area contributed by atoms with Crippen LogP contribution >= 0.6 is 0 Å². The van der Waals surface area contributed by atoms with E-state index < -0.39 is 35.4 Å². The number of hydrogen-bond acceptors (Lipinski definition) is 3. The maximum absolute atomic E-state index is 12.0. The van der Waals surface area contributed by atoms with Gasteiger partial charge in [-0.1, -0.05) is 0 Å². The van der Waals surface area contributed by atoms with Crippen LogP contribution in [0.5, 0.6) is 0 Å². The van der Waals surface area contributed by atoms with Crippen LogP contribution in [-0.4, -0.2) is 24.3 Å². The Balaban J connectivity index is 4.74. The van der Waals surface area contributed by atoms with Crippen molar-refractivity contribution in [3.63, 3.8) is 0 Å². The van der Waals surface area contributed by atoms with Crippen LogP contribution in [0, 0.1) is 0 Å². The third-order valence-electron chi connectivity index (χ3n) is 1.76. The van der Waals surface area contributed by atoms with E-state index in [1.165, 1.54) is 0 Å². The van der Waals surface area contributed by atoms with E-state index in [2.05, 4.69) is 4.74 Å². The average Bonchev–Trinajstić information content (AvgIpc) is 2.13. The average molecular weight is 290 g/mol. The summed E-state index contributed by atoms with van der Waals surface area (Å²) in [7, 11) is 0. The van der Waals surface area contributed by atoms with Crippen molar-refractivity contribution in [2.75, 3.05) is 0 Å². The van der Waals surface area contributed by atoms with Gasteiger partial charge in [-0.25, -0.2) is 9.59 Å². The summed E-state index contributed by atoms with van der Waals surface area (Å²) in [4.78, 5) is 21.6. The van der Waals surface area contributed by atoms with Gasteiger partial charge in [0.2, 0.25) is 0 Å². The van der Waals surface area contributed by atoms with E-state index in [9.17, 15) is 35.9 Å². The van der Waals surface area contributed by atoms with Crippen molar-refractivity contribution >= 4 is 11.9 Å². The van der Waals surface area contributed by atoms with Gasteiger partial charge >= 0.3 is 24.3 Å². The van der Waals surface area contributed by atoms with E-state index in [-0.39, 0.29) is 12.2 Å². The first kappa shape index (κ1) is 17.2. The fourth-order valence-electron chi connectivity index (χ4n) is 0.675. The van der Waals surface area contributed by atoms with Crippen LogP contribution in [0.4, 0.5) is 26.3 Å². The molecule has 3 nitrogen and oxygen atoms in total. The third kappa shape index (κ3) is 6.63. The van der Waals surface area contributed by atoms with E-state index in [4.69, 9.17) is 0 Å². The number of halogens is 6. The lowest BCUT2D eigenvalue weighted by Crippen LogP contribution is -2.16. The first-order valence-electron chi connectivity index (χ1n) is 4.61. The van der Waals surface area contributed by atoms with Gasteiger partial charge in [-0.2, -0.15) is 26.3 Å². The molecule has 0 atom stereocenters. The van der Waals surface area contributed by atoms with Gasteiger partial charge in [0.05, 0.1) is 0 Å². The second kappa shape index (κ2) is 5.89. The van der Waals surface area contributed by atoms with E-state index in [0.717, 1.165) is 0 Å². The van der Waals surface area contributed by atoms with E-state index >= 15 is 0 Å². The maximum Gasteiger partial charge on any atom is 0.412 e. The van der Waals surface area contributed by atoms with Gasteiger partial charge in [-0.3, -0.25) is 0 Å². The summed E-state index contributed by atoms with van der Waals surface area (Å²) in [5, 5.41) is 0. The predicted molar refractivity (Wildman–Crippen MR) is 50.7 cm³/mol. The van der Waals surface area contributed by atoms with E-state index in [1.807, 2.05) is 0 Å². The molecule has 0 aliphatic carbocycles. The van der Waals surface area contributed by atoms with E-state index in [1.54, 1.807) is 0 Å². The smallest absolute Gasteiger partial charge is 0.387 e. The molecule has 108 valence electrons. The molecule has 0 rings (SSSR count). The van der Waals surface area contributed by atoms with Gasteiger partial charge < -0.3 is 4.74 Å². The van der Waals surface area contributed by atoms with Crippen LogP contribution in [0.3, 0.4) is 0 Å².